The average Bonchev–Trinajstić information content (AvgIpc) is 2.09. The molecule has 0 unspecified atom stereocenters. The minimum Gasteiger partial charge on any atom is -0.469 e. The van der Waals surface area contributed by atoms with E-state index in [9.17, 15) is 13.2 Å². The molecule has 16 heavy (non-hydrogen) atoms. The van der Waals surface area contributed by atoms with Gasteiger partial charge in [0.25, 0.3) is 10.2 Å². The number of ether oxygens (including phenoxy) is 1. The smallest absolute Gasteiger partial charge is 0.306 e. The number of rotatable bonds is 5. The van der Waals surface area contributed by atoms with E-state index in [0.717, 1.165) is 4.31 Å². The Morgan fingerprint density at radius 3 is 2.25 bits per heavy atom. The van der Waals surface area contributed by atoms with Crippen molar-refractivity contribution in [2.24, 2.45) is 0 Å². The maximum absolute atomic E-state index is 11.7. The van der Waals surface area contributed by atoms with Crippen molar-refractivity contribution in [3.05, 3.63) is 0 Å². The van der Waals surface area contributed by atoms with Crippen molar-refractivity contribution >= 4 is 16.2 Å². The van der Waals surface area contributed by atoms with Crippen LogP contribution in [0.3, 0.4) is 0 Å². The van der Waals surface area contributed by atoms with Crippen LogP contribution < -0.4 is 4.72 Å². The zero-order valence-electron chi connectivity index (χ0n) is 10.4. The molecule has 96 valence electrons. The van der Waals surface area contributed by atoms with Crippen molar-refractivity contribution in [2.45, 2.75) is 32.7 Å². The third kappa shape index (κ3) is 6.04. The maximum atomic E-state index is 11.7. The molecule has 0 bridgehead atoms. The van der Waals surface area contributed by atoms with Gasteiger partial charge in [0.2, 0.25) is 0 Å². The summed E-state index contributed by atoms with van der Waals surface area (Å²) in [5.41, 5.74) is -0.543. The fourth-order valence-electron chi connectivity index (χ4n) is 0.936. The van der Waals surface area contributed by atoms with Crippen molar-refractivity contribution < 1.29 is 17.9 Å². The molecule has 0 aromatic rings. The number of hydrogen-bond acceptors (Lipinski definition) is 4. The van der Waals surface area contributed by atoms with E-state index in [4.69, 9.17) is 0 Å². The summed E-state index contributed by atoms with van der Waals surface area (Å²) in [5, 5.41) is 0. The SMILES string of the molecule is COC(=O)CCN(C)S(=O)(=O)NC(C)(C)C. The van der Waals surface area contributed by atoms with Gasteiger partial charge in [-0.05, 0) is 20.8 Å². The molecular weight excluding hydrogens is 232 g/mol. The second-order valence-corrected chi connectivity index (χ2v) is 6.28. The number of carbonyl (C=O) groups is 1. The summed E-state index contributed by atoms with van der Waals surface area (Å²) in [6, 6.07) is 0. The van der Waals surface area contributed by atoms with Gasteiger partial charge in [0.15, 0.2) is 0 Å². The Balaban J connectivity index is 4.37. The van der Waals surface area contributed by atoms with Gasteiger partial charge in [-0.15, -0.1) is 0 Å². The Morgan fingerprint density at radius 1 is 1.38 bits per heavy atom. The molecule has 0 fully saturated rings. The first-order chi connectivity index (χ1) is 7.08. The van der Waals surface area contributed by atoms with Crippen LogP contribution in [-0.2, 0) is 19.7 Å². The molecule has 0 rings (SSSR count). The summed E-state index contributed by atoms with van der Waals surface area (Å²) in [4.78, 5) is 10.9. The molecule has 0 aromatic heterocycles. The predicted molar refractivity (Wildman–Crippen MR) is 61.1 cm³/mol. The lowest BCUT2D eigenvalue weighted by Gasteiger charge is -2.25. The van der Waals surface area contributed by atoms with Crippen LogP contribution in [0, 0.1) is 0 Å². The van der Waals surface area contributed by atoms with E-state index < -0.39 is 21.7 Å². The highest BCUT2D eigenvalue weighted by Gasteiger charge is 2.24. The molecule has 0 radical (unpaired) electrons. The Morgan fingerprint density at radius 2 is 1.88 bits per heavy atom. The highest BCUT2D eigenvalue weighted by molar-refractivity contribution is 7.87. The quantitative estimate of drug-likeness (QED) is 0.705. The number of methoxy groups -OCH3 is 1. The first-order valence-electron chi connectivity index (χ1n) is 4.90. The molecule has 0 aliphatic carbocycles. The summed E-state index contributed by atoms with van der Waals surface area (Å²) in [5.74, 6) is -0.433. The van der Waals surface area contributed by atoms with Crippen LogP contribution in [0.1, 0.15) is 27.2 Å². The van der Waals surface area contributed by atoms with Gasteiger partial charge in [0.05, 0.1) is 13.5 Å². The van der Waals surface area contributed by atoms with Gasteiger partial charge in [-0.2, -0.15) is 17.4 Å². The number of nitrogens with zero attached hydrogens (tertiary/aromatic N) is 1. The Kier molecular flexibility index (Phi) is 5.37. The standard InChI is InChI=1S/C9H20N2O4S/c1-9(2,3)10-16(13,14)11(4)7-6-8(12)15-5/h10H,6-7H2,1-5H3. The molecule has 0 heterocycles. The van der Waals surface area contributed by atoms with Crippen LogP contribution in [-0.4, -0.2) is 44.9 Å². The third-order valence-electron chi connectivity index (χ3n) is 1.70. The molecule has 0 aliphatic rings. The molecule has 0 aliphatic heterocycles. The van der Waals surface area contributed by atoms with Crippen LogP contribution in [0.4, 0.5) is 0 Å². The average molecular weight is 252 g/mol. The minimum atomic E-state index is -3.55. The van der Waals surface area contributed by atoms with E-state index in [1.165, 1.54) is 14.2 Å². The van der Waals surface area contributed by atoms with Gasteiger partial charge >= 0.3 is 5.97 Å². The Bertz CT molecular complexity index is 332. The predicted octanol–water partition coefficient (Wildman–Crippen LogP) is 0.114. The summed E-state index contributed by atoms with van der Waals surface area (Å²) >= 11 is 0. The van der Waals surface area contributed by atoms with E-state index in [1.807, 2.05) is 0 Å². The van der Waals surface area contributed by atoms with Gasteiger partial charge in [-0.3, -0.25) is 4.79 Å². The molecule has 0 saturated carbocycles. The number of esters is 1. The van der Waals surface area contributed by atoms with Crippen molar-refractivity contribution in [1.82, 2.24) is 9.03 Å². The van der Waals surface area contributed by atoms with Crippen molar-refractivity contribution in [3.8, 4) is 0 Å². The molecule has 0 amide bonds. The number of carbonyl (C=O) groups excluding carboxylic acids is 1. The fourth-order valence-corrected chi connectivity index (χ4v) is 2.20. The van der Waals surface area contributed by atoms with Gasteiger partial charge in [-0.25, -0.2) is 0 Å². The lowest BCUT2D eigenvalue weighted by Crippen LogP contribution is -2.48. The van der Waals surface area contributed by atoms with E-state index in [0.29, 0.717) is 0 Å². The van der Waals surface area contributed by atoms with E-state index >= 15 is 0 Å². The fraction of sp³-hybridized carbons (Fsp3) is 0.889. The molecule has 0 aromatic carbocycles. The first kappa shape index (κ1) is 15.3. The van der Waals surface area contributed by atoms with Crippen molar-refractivity contribution in [1.29, 1.82) is 0 Å². The van der Waals surface area contributed by atoms with Crippen molar-refractivity contribution in [3.63, 3.8) is 0 Å². The normalized spacial score (nSPS) is 12.9. The molecule has 0 spiro atoms. The molecule has 6 nitrogen and oxygen atoms in total. The van der Waals surface area contributed by atoms with E-state index in [2.05, 4.69) is 9.46 Å². The second-order valence-electron chi connectivity index (χ2n) is 4.50. The van der Waals surface area contributed by atoms with Gasteiger partial charge < -0.3 is 4.74 Å². The molecule has 0 saturated heterocycles. The number of hydrogen-bond donors (Lipinski definition) is 1. The lowest BCUT2D eigenvalue weighted by atomic mass is 10.1. The summed E-state index contributed by atoms with van der Waals surface area (Å²) in [7, 11) is -0.865. The van der Waals surface area contributed by atoms with Crippen LogP contribution in [0.25, 0.3) is 0 Å². The topological polar surface area (TPSA) is 75.7 Å². The van der Waals surface area contributed by atoms with Gasteiger partial charge in [0.1, 0.15) is 0 Å². The Labute approximate surface area is 97.1 Å². The van der Waals surface area contributed by atoms with Crippen molar-refractivity contribution in [2.75, 3.05) is 20.7 Å². The Hall–Kier alpha value is -0.660. The largest absolute Gasteiger partial charge is 0.469 e. The minimum absolute atomic E-state index is 0.0397. The van der Waals surface area contributed by atoms with Gasteiger partial charge in [0, 0.05) is 19.1 Å². The van der Waals surface area contributed by atoms with E-state index in [1.54, 1.807) is 20.8 Å². The van der Waals surface area contributed by atoms with E-state index in [-0.39, 0.29) is 13.0 Å². The first-order valence-corrected chi connectivity index (χ1v) is 6.34. The van der Waals surface area contributed by atoms with Crippen LogP contribution in [0.15, 0.2) is 0 Å². The van der Waals surface area contributed by atoms with Crippen LogP contribution >= 0.6 is 0 Å². The summed E-state index contributed by atoms with van der Waals surface area (Å²) in [6.07, 6.45) is 0.0397. The third-order valence-corrected chi connectivity index (χ3v) is 3.58. The summed E-state index contributed by atoms with van der Waals surface area (Å²) in [6.45, 7) is 5.34. The highest BCUT2D eigenvalue weighted by atomic mass is 32.2. The molecule has 0 atom stereocenters. The maximum Gasteiger partial charge on any atom is 0.306 e. The monoisotopic (exact) mass is 252 g/mol. The number of nitrogens with one attached hydrogen (secondary N) is 1. The van der Waals surface area contributed by atoms with Gasteiger partial charge in [-0.1, -0.05) is 0 Å². The van der Waals surface area contributed by atoms with Crippen LogP contribution in [0.5, 0.6) is 0 Å². The zero-order valence-corrected chi connectivity index (χ0v) is 11.2. The lowest BCUT2D eigenvalue weighted by molar-refractivity contribution is -0.140. The molecule has 7 heteroatoms. The molecule has 1 N–H and O–H groups in total. The van der Waals surface area contributed by atoms with Crippen LogP contribution in [0.2, 0.25) is 0 Å². The highest BCUT2D eigenvalue weighted by Crippen LogP contribution is 2.05. The summed E-state index contributed by atoms with van der Waals surface area (Å²) < 4.78 is 31.4. The molecular formula is C9H20N2O4S. The second kappa shape index (κ2) is 5.60. The zero-order chi connectivity index (χ0) is 13.0.